The molecule has 2 aliphatic heterocycles. The molecule has 3 fully saturated rings. The molecule has 2 heteroatoms. The summed E-state index contributed by atoms with van der Waals surface area (Å²) in [6.07, 6.45) is 13.5. The molecule has 0 unspecified atom stereocenters. The summed E-state index contributed by atoms with van der Waals surface area (Å²) in [5.41, 5.74) is 0. The third-order valence-electron chi connectivity index (χ3n) is 6.21. The van der Waals surface area contributed by atoms with Crippen LogP contribution >= 0.6 is 0 Å². The van der Waals surface area contributed by atoms with Gasteiger partial charge < -0.3 is 9.80 Å². The van der Waals surface area contributed by atoms with Crippen molar-refractivity contribution in [3.05, 3.63) is 0 Å². The monoisotopic (exact) mass is 266 g/mol. The van der Waals surface area contributed by atoms with Gasteiger partial charge in [0.25, 0.3) is 0 Å². The Morgan fingerprint density at radius 2 is 1.32 bits per heavy atom. The van der Waals surface area contributed by atoms with Crippen LogP contribution < -0.4 is 9.80 Å². The van der Waals surface area contributed by atoms with E-state index in [-0.39, 0.29) is 0 Å². The minimum atomic E-state index is 0.997. The Hall–Kier alpha value is -0.0800. The maximum atomic E-state index is 2.47. The van der Waals surface area contributed by atoms with Crippen LogP contribution in [0.4, 0.5) is 0 Å². The summed E-state index contributed by atoms with van der Waals surface area (Å²) in [4.78, 5) is 3.93. The van der Waals surface area contributed by atoms with Crippen molar-refractivity contribution in [2.75, 3.05) is 26.2 Å². The number of likely N-dealkylation sites (tertiary alicyclic amines) is 2. The van der Waals surface area contributed by atoms with Crippen molar-refractivity contribution in [2.45, 2.75) is 76.8 Å². The van der Waals surface area contributed by atoms with Crippen LogP contribution in [0.15, 0.2) is 0 Å². The second-order valence-corrected chi connectivity index (χ2v) is 7.62. The molecule has 19 heavy (non-hydrogen) atoms. The predicted octanol–water partition coefficient (Wildman–Crippen LogP) is 0.681. The quantitative estimate of drug-likeness (QED) is 0.727. The van der Waals surface area contributed by atoms with E-state index < -0.39 is 0 Å². The summed E-state index contributed by atoms with van der Waals surface area (Å²) in [6, 6.07) is 2.03. The van der Waals surface area contributed by atoms with E-state index in [4.69, 9.17) is 0 Å². The molecular formula is C17H34N2+2. The van der Waals surface area contributed by atoms with Gasteiger partial charge >= 0.3 is 0 Å². The molecule has 0 bridgehead atoms. The van der Waals surface area contributed by atoms with Gasteiger partial charge in [0.15, 0.2) is 0 Å². The van der Waals surface area contributed by atoms with E-state index in [9.17, 15) is 0 Å². The number of hydrogen-bond acceptors (Lipinski definition) is 0. The van der Waals surface area contributed by atoms with Gasteiger partial charge in [-0.25, -0.2) is 0 Å². The highest BCUT2D eigenvalue weighted by atomic mass is 15.2. The van der Waals surface area contributed by atoms with Crippen LogP contribution in [0, 0.1) is 5.92 Å². The summed E-state index contributed by atoms with van der Waals surface area (Å²) in [6.45, 7) is 8.37. The third kappa shape index (κ3) is 3.52. The molecule has 2 atom stereocenters. The van der Waals surface area contributed by atoms with E-state index in [1.165, 1.54) is 84.0 Å². The van der Waals surface area contributed by atoms with Gasteiger partial charge in [-0.15, -0.1) is 0 Å². The standard InChI is InChI=1S/C17H32N2/c1-15-6-5-7-17(14-15)19-12-8-16(9-13-19)18-10-3-2-4-11-18/h15-17H,2-14H2,1H3/p+2/t15-,17+/m0/s1. The number of quaternary nitrogens is 2. The Labute approximate surface area is 119 Å². The highest BCUT2D eigenvalue weighted by Crippen LogP contribution is 2.22. The Balaban J connectivity index is 1.46. The molecule has 2 nitrogen and oxygen atoms in total. The van der Waals surface area contributed by atoms with E-state index in [0.29, 0.717) is 0 Å². The first-order valence-electron chi connectivity index (χ1n) is 9.02. The maximum absolute atomic E-state index is 2.47. The Morgan fingerprint density at radius 1 is 0.632 bits per heavy atom. The summed E-state index contributed by atoms with van der Waals surface area (Å²) in [5, 5.41) is 0. The normalized spacial score (nSPS) is 42.2. The maximum Gasteiger partial charge on any atom is 0.0983 e. The molecule has 0 radical (unpaired) electrons. The molecule has 3 aliphatic rings. The van der Waals surface area contributed by atoms with Gasteiger partial charge in [0.1, 0.15) is 0 Å². The number of nitrogens with one attached hydrogen (secondary N) is 2. The van der Waals surface area contributed by atoms with Crippen LogP contribution in [-0.2, 0) is 0 Å². The van der Waals surface area contributed by atoms with E-state index in [0.717, 1.165) is 18.0 Å². The lowest BCUT2D eigenvalue weighted by molar-refractivity contribution is -0.971. The van der Waals surface area contributed by atoms with Gasteiger partial charge in [-0.1, -0.05) is 13.3 Å². The smallest absolute Gasteiger partial charge is 0.0983 e. The number of piperidine rings is 2. The fourth-order valence-electron chi connectivity index (χ4n) is 5.02. The van der Waals surface area contributed by atoms with Gasteiger partial charge in [0, 0.05) is 19.3 Å². The minimum Gasteiger partial charge on any atom is -0.332 e. The molecule has 2 heterocycles. The Bertz CT molecular complexity index is 264. The van der Waals surface area contributed by atoms with Gasteiger partial charge in [0.2, 0.25) is 0 Å². The molecule has 1 saturated carbocycles. The largest absolute Gasteiger partial charge is 0.332 e. The zero-order valence-electron chi connectivity index (χ0n) is 12.9. The molecule has 2 saturated heterocycles. The molecule has 0 aromatic heterocycles. The molecule has 0 aromatic rings. The summed E-state index contributed by atoms with van der Waals surface area (Å²) in [7, 11) is 0. The van der Waals surface area contributed by atoms with E-state index in [1.807, 2.05) is 9.80 Å². The number of rotatable bonds is 2. The topological polar surface area (TPSA) is 8.88 Å². The zero-order valence-corrected chi connectivity index (χ0v) is 12.9. The van der Waals surface area contributed by atoms with Crippen molar-refractivity contribution >= 4 is 0 Å². The van der Waals surface area contributed by atoms with Crippen molar-refractivity contribution in [1.29, 1.82) is 0 Å². The highest BCUT2D eigenvalue weighted by molar-refractivity contribution is 4.71. The Kier molecular flexibility index (Phi) is 4.81. The SMILES string of the molecule is C[C@H]1CCC[C@@H]([NH+]2CCC([NH+]3CCCCC3)CC2)C1. The average molecular weight is 266 g/mol. The average Bonchev–Trinajstić information content (AvgIpc) is 2.48. The first-order valence-corrected chi connectivity index (χ1v) is 9.02. The fraction of sp³-hybridized carbons (Fsp3) is 1.00. The molecular weight excluding hydrogens is 232 g/mol. The van der Waals surface area contributed by atoms with Gasteiger partial charge in [-0.05, 0) is 38.0 Å². The minimum absolute atomic E-state index is 0.997. The molecule has 110 valence electrons. The lowest BCUT2D eigenvalue weighted by Gasteiger charge is -2.40. The van der Waals surface area contributed by atoms with Crippen molar-refractivity contribution < 1.29 is 9.80 Å². The fourth-order valence-corrected chi connectivity index (χ4v) is 5.02. The Morgan fingerprint density at radius 3 is 2.00 bits per heavy atom. The zero-order chi connectivity index (χ0) is 13.1. The van der Waals surface area contributed by atoms with Crippen molar-refractivity contribution in [2.24, 2.45) is 5.92 Å². The predicted molar refractivity (Wildman–Crippen MR) is 79.7 cm³/mol. The molecule has 0 aromatic carbocycles. The van der Waals surface area contributed by atoms with Crippen LogP contribution in [-0.4, -0.2) is 38.3 Å². The lowest BCUT2D eigenvalue weighted by atomic mass is 9.85. The van der Waals surface area contributed by atoms with Gasteiger partial charge in [-0.3, -0.25) is 0 Å². The summed E-state index contributed by atoms with van der Waals surface area (Å²) >= 11 is 0. The molecule has 1 aliphatic carbocycles. The van der Waals surface area contributed by atoms with E-state index >= 15 is 0 Å². The third-order valence-corrected chi connectivity index (χ3v) is 6.21. The summed E-state index contributed by atoms with van der Waals surface area (Å²) < 4.78 is 0. The van der Waals surface area contributed by atoms with Gasteiger partial charge in [-0.2, -0.15) is 0 Å². The molecule has 0 spiro atoms. The first kappa shape index (κ1) is 13.9. The van der Waals surface area contributed by atoms with E-state index in [2.05, 4.69) is 6.92 Å². The second kappa shape index (κ2) is 6.58. The van der Waals surface area contributed by atoms with Crippen LogP contribution in [0.2, 0.25) is 0 Å². The highest BCUT2D eigenvalue weighted by Gasteiger charge is 2.35. The van der Waals surface area contributed by atoms with E-state index in [1.54, 1.807) is 0 Å². The number of hydrogen-bond donors (Lipinski definition) is 2. The van der Waals surface area contributed by atoms with Crippen LogP contribution in [0.3, 0.4) is 0 Å². The molecule has 3 rings (SSSR count). The van der Waals surface area contributed by atoms with Crippen LogP contribution in [0.5, 0.6) is 0 Å². The van der Waals surface area contributed by atoms with Crippen molar-refractivity contribution in [1.82, 2.24) is 0 Å². The molecule has 0 amide bonds. The lowest BCUT2D eigenvalue weighted by Crippen LogP contribution is -3.22. The molecule has 2 N–H and O–H groups in total. The summed E-state index contributed by atoms with van der Waals surface area (Å²) in [5.74, 6) is 0.997. The van der Waals surface area contributed by atoms with Gasteiger partial charge in [0.05, 0.1) is 38.3 Å². The van der Waals surface area contributed by atoms with Crippen molar-refractivity contribution in [3.63, 3.8) is 0 Å². The van der Waals surface area contributed by atoms with Crippen LogP contribution in [0.1, 0.15) is 64.7 Å². The second-order valence-electron chi connectivity index (χ2n) is 7.62. The van der Waals surface area contributed by atoms with Crippen molar-refractivity contribution in [3.8, 4) is 0 Å². The van der Waals surface area contributed by atoms with Crippen LogP contribution in [0.25, 0.3) is 0 Å². The first-order chi connectivity index (χ1) is 9.33.